The molecule has 4 heteroatoms. The van der Waals surface area contributed by atoms with Gasteiger partial charge in [0.05, 0.1) is 6.61 Å². The maximum absolute atomic E-state index is 12.1. The van der Waals surface area contributed by atoms with E-state index in [2.05, 4.69) is 5.32 Å². The lowest BCUT2D eigenvalue weighted by Crippen LogP contribution is -2.53. The Morgan fingerprint density at radius 3 is 2.56 bits per heavy atom. The van der Waals surface area contributed by atoms with E-state index in [-0.39, 0.29) is 5.97 Å². The van der Waals surface area contributed by atoms with Crippen molar-refractivity contribution in [1.82, 2.24) is 5.32 Å². The Morgan fingerprint density at radius 1 is 1.33 bits per heavy atom. The Labute approximate surface area is 114 Å². The van der Waals surface area contributed by atoms with Crippen LogP contribution in [0.3, 0.4) is 0 Å². The molecule has 1 N–H and O–H groups in total. The summed E-state index contributed by atoms with van der Waals surface area (Å²) in [6.45, 7) is 4.35. The molecule has 1 atom stereocenters. The predicted octanol–water partition coefficient (Wildman–Crippen LogP) is 2.74. The minimum absolute atomic E-state index is 0.0811. The molecule has 0 spiro atoms. The molecule has 0 bridgehead atoms. The summed E-state index contributed by atoms with van der Waals surface area (Å²) in [6.07, 6.45) is 7.72. The standard InChI is InChI=1S/C14H25NO2S/c1-3-17-13(16)14(2,15-11-8-9-11)10-18-12-6-4-5-7-12/h11-12,15H,3-10H2,1-2H3. The Morgan fingerprint density at radius 2 is 2.00 bits per heavy atom. The van der Waals surface area contributed by atoms with Gasteiger partial charge in [-0.05, 0) is 39.5 Å². The first kappa shape index (κ1) is 14.2. The highest BCUT2D eigenvalue weighted by atomic mass is 32.2. The largest absolute Gasteiger partial charge is 0.465 e. The van der Waals surface area contributed by atoms with Crippen LogP contribution in [0.25, 0.3) is 0 Å². The zero-order valence-electron chi connectivity index (χ0n) is 11.5. The molecule has 0 aromatic heterocycles. The van der Waals surface area contributed by atoms with Gasteiger partial charge in [0.2, 0.25) is 0 Å². The first-order chi connectivity index (χ1) is 8.64. The highest BCUT2D eigenvalue weighted by Gasteiger charge is 2.40. The van der Waals surface area contributed by atoms with E-state index in [1.807, 2.05) is 25.6 Å². The minimum atomic E-state index is -0.496. The number of ether oxygens (including phenoxy) is 1. The molecule has 0 saturated heterocycles. The second-order valence-corrected chi connectivity index (χ2v) is 6.98. The van der Waals surface area contributed by atoms with Crippen LogP contribution in [-0.4, -0.2) is 35.2 Å². The summed E-state index contributed by atoms with van der Waals surface area (Å²) in [5.74, 6) is 0.759. The lowest BCUT2D eigenvalue weighted by molar-refractivity contribution is -0.149. The van der Waals surface area contributed by atoms with Crippen LogP contribution in [0.2, 0.25) is 0 Å². The van der Waals surface area contributed by atoms with Crippen molar-refractivity contribution in [3.8, 4) is 0 Å². The summed E-state index contributed by atoms with van der Waals surface area (Å²) in [5.41, 5.74) is -0.496. The molecular formula is C14H25NO2S. The third-order valence-electron chi connectivity index (χ3n) is 3.74. The summed E-state index contributed by atoms with van der Waals surface area (Å²) in [7, 11) is 0. The average molecular weight is 271 g/mol. The third-order valence-corrected chi connectivity index (χ3v) is 5.42. The van der Waals surface area contributed by atoms with E-state index < -0.39 is 5.54 Å². The lowest BCUT2D eigenvalue weighted by atomic mass is 10.1. The summed E-state index contributed by atoms with van der Waals surface area (Å²) in [4.78, 5) is 12.1. The van der Waals surface area contributed by atoms with E-state index in [1.165, 1.54) is 38.5 Å². The molecular weight excluding hydrogens is 246 g/mol. The van der Waals surface area contributed by atoms with Gasteiger partial charge in [0.15, 0.2) is 0 Å². The van der Waals surface area contributed by atoms with Crippen molar-refractivity contribution in [2.75, 3.05) is 12.4 Å². The van der Waals surface area contributed by atoms with Gasteiger partial charge < -0.3 is 4.74 Å². The maximum atomic E-state index is 12.1. The molecule has 104 valence electrons. The molecule has 0 heterocycles. The number of rotatable bonds is 7. The summed E-state index contributed by atoms with van der Waals surface area (Å²) in [5, 5.41) is 4.23. The van der Waals surface area contributed by atoms with Gasteiger partial charge in [-0.3, -0.25) is 10.1 Å². The molecule has 18 heavy (non-hydrogen) atoms. The molecule has 2 aliphatic rings. The van der Waals surface area contributed by atoms with Crippen LogP contribution < -0.4 is 5.32 Å². The summed E-state index contributed by atoms with van der Waals surface area (Å²) >= 11 is 1.95. The lowest BCUT2D eigenvalue weighted by Gasteiger charge is -2.29. The molecule has 3 nitrogen and oxygen atoms in total. The van der Waals surface area contributed by atoms with Crippen molar-refractivity contribution in [3.63, 3.8) is 0 Å². The molecule has 0 amide bonds. The van der Waals surface area contributed by atoms with Crippen LogP contribution in [0, 0.1) is 0 Å². The molecule has 2 fully saturated rings. The zero-order chi connectivity index (χ0) is 13.0. The first-order valence-electron chi connectivity index (χ1n) is 7.20. The Bertz CT molecular complexity index is 288. The highest BCUT2D eigenvalue weighted by molar-refractivity contribution is 8.00. The maximum Gasteiger partial charge on any atom is 0.326 e. The molecule has 0 aromatic carbocycles. The van der Waals surface area contributed by atoms with Gasteiger partial charge in [-0.15, -0.1) is 0 Å². The molecule has 0 radical (unpaired) electrons. The Hall–Kier alpha value is -0.220. The van der Waals surface area contributed by atoms with Crippen molar-refractivity contribution in [2.24, 2.45) is 0 Å². The number of carbonyl (C=O) groups excluding carboxylic acids is 1. The van der Waals surface area contributed by atoms with Gasteiger partial charge in [-0.25, -0.2) is 0 Å². The van der Waals surface area contributed by atoms with E-state index in [4.69, 9.17) is 4.74 Å². The SMILES string of the molecule is CCOC(=O)C(C)(CSC1CCCC1)NC1CC1. The van der Waals surface area contributed by atoms with Gasteiger partial charge in [0.1, 0.15) is 5.54 Å². The number of hydrogen-bond acceptors (Lipinski definition) is 4. The Kier molecular flexibility index (Phi) is 4.96. The first-order valence-corrected chi connectivity index (χ1v) is 8.25. The van der Waals surface area contributed by atoms with E-state index in [9.17, 15) is 4.79 Å². The van der Waals surface area contributed by atoms with Crippen LogP contribution in [-0.2, 0) is 9.53 Å². The number of thioether (sulfide) groups is 1. The average Bonchev–Trinajstić information content (AvgIpc) is 2.99. The summed E-state index contributed by atoms with van der Waals surface area (Å²) in [6, 6.07) is 0.531. The fraction of sp³-hybridized carbons (Fsp3) is 0.929. The number of carbonyl (C=O) groups is 1. The normalized spacial score (nSPS) is 23.9. The molecule has 0 aliphatic heterocycles. The van der Waals surface area contributed by atoms with Crippen LogP contribution >= 0.6 is 11.8 Å². The van der Waals surface area contributed by atoms with Gasteiger partial charge in [0.25, 0.3) is 0 Å². The van der Waals surface area contributed by atoms with Crippen LogP contribution in [0.1, 0.15) is 52.4 Å². The van der Waals surface area contributed by atoms with Gasteiger partial charge in [-0.2, -0.15) is 11.8 Å². The topological polar surface area (TPSA) is 38.3 Å². The van der Waals surface area contributed by atoms with Crippen molar-refractivity contribution < 1.29 is 9.53 Å². The third kappa shape index (κ3) is 3.89. The number of hydrogen-bond donors (Lipinski definition) is 1. The van der Waals surface area contributed by atoms with Gasteiger partial charge in [-0.1, -0.05) is 12.8 Å². The second-order valence-electron chi connectivity index (χ2n) is 5.69. The fourth-order valence-corrected chi connectivity index (χ4v) is 3.90. The van der Waals surface area contributed by atoms with E-state index in [0.717, 1.165) is 11.0 Å². The van der Waals surface area contributed by atoms with Crippen LogP contribution in [0.4, 0.5) is 0 Å². The number of esters is 1. The van der Waals surface area contributed by atoms with E-state index >= 15 is 0 Å². The van der Waals surface area contributed by atoms with Crippen LogP contribution in [0.5, 0.6) is 0 Å². The smallest absolute Gasteiger partial charge is 0.326 e. The molecule has 2 saturated carbocycles. The zero-order valence-corrected chi connectivity index (χ0v) is 12.4. The molecule has 2 aliphatic carbocycles. The fourth-order valence-electron chi connectivity index (χ4n) is 2.47. The van der Waals surface area contributed by atoms with Crippen molar-refractivity contribution in [2.45, 2.75) is 69.2 Å². The highest BCUT2D eigenvalue weighted by Crippen LogP contribution is 2.33. The van der Waals surface area contributed by atoms with E-state index in [1.54, 1.807) is 0 Å². The monoisotopic (exact) mass is 271 g/mol. The predicted molar refractivity (Wildman–Crippen MR) is 75.9 cm³/mol. The molecule has 0 aromatic rings. The molecule has 2 rings (SSSR count). The van der Waals surface area contributed by atoms with E-state index in [0.29, 0.717) is 12.6 Å². The van der Waals surface area contributed by atoms with Gasteiger partial charge >= 0.3 is 5.97 Å². The van der Waals surface area contributed by atoms with Crippen molar-refractivity contribution in [3.05, 3.63) is 0 Å². The van der Waals surface area contributed by atoms with Crippen molar-refractivity contribution >= 4 is 17.7 Å². The van der Waals surface area contributed by atoms with Gasteiger partial charge in [0, 0.05) is 17.0 Å². The quantitative estimate of drug-likeness (QED) is 0.723. The van der Waals surface area contributed by atoms with Crippen molar-refractivity contribution in [1.29, 1.82) is 0 Å². The number of nitrogens with one attached hydrogen (secondary N) is 1. The Balaban J connectivity index is 1.87. The summed E-state index contributed by atoms with van der Waals surface area (Å²) < 4.78 is 5.24. The second kappa shape index (κ2) is 6.29. The minimum Gasteiger partial charge on any atom is -0.465 e. The van der Waals surface area contributed by atoms with Crippen LogP contribution in [0.15, 0.2) is 0 Å². The molecule has 1 unspecified atom stereocenters.